The van der Waals surface area contributed by atoms with Crippen LogP contribution in [0.15, 0.2) is 108 Å². The Kier molecular flexibility index (Phi) is 8.51. The van der Waals surface area contributed by atoms with Gasteiger partial charge in [-0.05, 0) is 47.1 Å². The van der Waals surface area contributed by atoms with Gasteiger partial charge in [0.1, 0.15) is 6.61 Å². The van der Waals surface area contributed by atoms with Crippen molar-refractivity contribution in [2.45, 2.75) is 46.1 Å². The van der Waals surface area contributed by atoms with Crippen molar-refractivity contribution in [3.63, 3.8) is 0 Å². The lowest BCUT2D eigenvalue weighted by atomic mass is 9.71. The minimum Gasteiger partial charge on any atom is -0.445 e. The number of hydrogen-bond donors (Lipinski definition) is 1. The predicted octanol–water partition coefficient (Wildman–Crippen LogP) is 7.44. The van der Waals surface area contributed by atoms with E-state index in [-0.39, 0.29) is 12.0 Å². The fourth-order valence-electron chi connectivity index (χ4n) is 3.79. The summed E-state index contributed by atoms with van der Waals surface area (Å²) in [6, 6.07) is 30.4. The van der Waals surface area contributed by atoms with Gasteiger partial charge in [0.2, 0.25) is 0 Å². The normalized spacial score (nSPS) is 11.3. The average molecular weight is 454 g/mol. The minimum absolute atomic E-state index is 0.0537. The van der Waals surface area contributed by atoms with Crippen molar-refractivity contribution in [2.75, 3.05) is 6.54 Å². The molecule has 0 bridgehead atoms. The first kappa shape index (κ1) is 25.1. The Balaban J connectivity index is 1.91. The second kappa shape index (κ2) is 11.5. The molecule has 3 rings (SSSR count). The van der Waals surface area contributed by atoms with E-state index in [1.807, 2.05) is 66.7 Å². The first-order chi connectivity index (χ1) is 16.3. The highest BCUT2D eigenvalue weighted by atomic mass is 16.5. The molecule has 0 aliphatic rings. The zero-order valence-corrected chi connectivity index (χ0v) is 20.7. The zero-order chi connectivity index (χ0) is 24.4. The number of amides is 1. The minimum atomic E-state index is -0.459. The van der Waals surface area contributed by atoms with Crippen molar-refractivity contribution in [3.8, 4) is 0 Å². The second-order valence-corrected chi connectivity index (χ2v) is 9.66. The Morgan fingerprint density at radius 3 is 1.85 bits per heavy atom. The molecule has 3 nitrogen and oxygen atoms in total. The summed E-state index contributed by atoms with van der Waals surface area (Å²) in [7, 11) is 0. The molecule has 0 unspecified atom stereocenters. The fraction of sp³-hybridized carbons (Fsp3) is 0.290. The van der Waals surface area contributed by atoms with Gasteiger partial charge in [0.05, 0.1) is 0 Å². The number of carbonyl (C=O) groups is 1. The fourth-order valence-corrected chi connectivity index (χ4v) is 3.79. The molecular formula is C31H35NO2. The SMILES string of the molecule is CC(=C=CCC(CNC(=O)OCc1ccccc1)(c1ccccc1)c1ccccc1)C(C)(C)C. The van der Waals surface area contributed by atoms with Crippen molar-refractivity contribution >= 4 is 6.09 Å². The van der Waals surface area contributed by atoms with Crippen LogP contribution in [0.3, 0.4) is 0 Å². The third kappa shape index (κ3) is 6.73. The number of allylic oxidation sites excluding steroid dienone is 1. The molecule has 176 valence electrons. The van der Waals surface area contributed by atoms with Crippen molar-refractivity contribution < 1.29 is 9.53 Å². The molecule has 3 heteroatoms. The third-order valence-electron chi connectivity index (χ3n) is 6.29. The van der Waals surface area contributed by atoms with Crippen LogP contribution in [0.2, 0.25) is 0 Å². The average Bonchev–Trinajstić information content (AvgIpc) is 2.86. The van der Waals surface area contributed by atoms with E-state index in [1.54, 1.807) is 0 Å². The summed E-state index contributed by atoms with van der Waals surface area (Å²) in [6.45, 7) is 9.33. The van der Waals surface area contributed by atoms with E-state index in [1.165, 1.54) is 5.57 Å². The van der Waals surface area contributed by atoms with Gasteiger partial charge in [0, 0.05) is 12.0 Å². The lowest BCUT2D eigenvalue weighted by Crippen LogP contribution is -2.41. The van der Waals surface area contributed by atoms with E-state index in [9.17, 15) is 4.79 Å². The largest absolute Gasteiger partial charge is 0.445 e. The Morgan fingerprint density at radius 2 is 1.35 bits per heavy atom. The number of benzene rings is 3. The molecule has 0 saturated carbocycles. The number of ether oxygens (including phenoxy) is 1. The van der Waals surface area contributed by atoms with Crippen molar-refractivity contribution in [3.05, 3.63) is 125 Å². The van der Waals surface area contributed by atoms with E-state index in [0.717, 1.165) is 16.7 Å². The molecule has 0 radical (unpaired) electrons. The van der Waals surface area contributed by atoms with Crippen molar-refractivity contribution in [1.82, 2.24) is 5.32 Å². The lowest BCUT2D eigenvalue weighted by molar-refractivity contribution is 0.137. The van der Waals surface area contributed by atoms with Crippen LogP contribution in [0.4, 0.5) is 4.79 Å². The highest BCUT2D eigenvalue weighted by Gasteiger charge is 2.34. The molecule has 1 amide bonds. The highest BCUT2D eigenvalue weighted by Crippen LogP contribution is 2.36. The van der Waals surface area contributed by atoms with Gasteiger partial charge in [-0.15, -0.1) is 5.73 Å². The molecule has 0 atom stereocenters. The summed E-state index contributed by atoms with van der Waals surface area (Å²) in [4.78, 5) is 12.7. The van der Waals surface area contributed by atoms with Crippen LogP contribution in [0.1, 0.15) is 50.8 Å². The maximum Gasteiger partial charge on any atom is 0.407 e. The predicted molar refractivity (Wildman–Crippen MR) is 140 cm³/mol. The number of rotatable bonds is 8. The molecule has 0 fully saturated rings. The van der Waals surface area contributed by atoms with Crippen LogP contribution < -0.4 is 5.32 Å². The summed E-state index contributed by atoms with van der Waals surface area (Å²) in [5.41, 5.74) is 7.52. The summed E-state index contributed by atoms with van der Waals surface area (Å²) >= 11 is 0. The monoisotopic (exact) mass is 453 g/mol. The molecule has 1 N–H and O–H groups in total. The quantitative estimate of drug-likeness (QED) is 0.360. The molecule has 0 heterocycles. The maximum absolute atomic E-state index is 12.7. The van der Waals surface area contributed by atoms with Crippen LogP contribution in [-0.2, 0) is 16.8 Å². The standard InChI is InChI=1S/C31H35NO2/c1-25(30(2,3)4)15-14-22-31(27-18-10-6-11-19-27,28-20-12-7-13-21-28)24-32-29(33)34-23-26-16-8-5-9-17-26/h5-14,16-21H,22-24H2,1-4H3,(H,32,33). The molecule has 0 aliphatic heterocycles. The van der Waals surface area contributed by atoms with Gasteiger partial charge in [-0.1, -0.05) is 112 Å². The van der Waals surface area contributed by atoms with Gasteiger partial charge >= 0.3 is 6.09 Å². The Morgan fingerprint density at radius 1 is 0.853 bits per heavy atom. The molecule has 3 aromatic carbocycles. The zero-order valence-electron chi connectivity index (χ0n) is 20.7. The Bertz CT molecular complexity index is 1070. The highest BCUT2D eigenvalue weighted by molar-refractivity contribution is 5.67. The summed E-state index contributed by atoms with van der Waals surface area (Å²) < 4.78 is 5.50. The Hall–Kier alpha value is -3.55. The lowest BCUT2D eigenvalue weighted by Gasteiger charge is -2.34. The van der Waals surface area contributed by atoms with Crippen LogP contribution >= 0.6 is 0 Å². The van der Waals surface area contributed by atoms with Gasteiger partial charge in [0.15, 0.2) is 0 Å². The van der Waals surface area contributed by atoms with E-state index in [2.05, 4.69) is 69.1 Å². The maximum atomic E-state index is 12.7. The van der Waals surface area contributed by atoms with Gasteiger partial charge in [-0.25, -0.2) is 4.79 Å². The molecule has 0 aromatic heterocycles. The van der Waals surface area contributed by atoms with E-state index >= 15 is 0 Å². The molecular weight excluding hydrogens is 418 g/mol. The summed E-state index contributed by atoms with van der Waals surface area (Å²) in [5.74, 6) is 0. The first-order valence-corrected chi connectivity index (χ1v) is 11.8. The van der Waals surface area contributed by atoms with Gasteiger partial charge in [0.25, 0.3) is 0 Å². The van der Waals surface area contributed by atoms with Crippen LogP contribution in [0, 0.1) is 5.41 Å². The van der Waals surface area contributed by atoms with Crippen LogP contribution in [0.25, 0.3) is 0 Å². The van der Waals surface area contributed by atoms with Gasteiger partial charge in [-0.2, -0.15) is 0 Å². The van der Waals surface area contributed by atoms with Crippen LogP contribution in [-0.4, -0.2) is 12.6 Å². The molecule has 0 spiro atoms. The topological polar surface area (TPSA) is 38.3 Å². The van der Waals surface area contributed by atoms with Crippen molar-refractivity contribution in [1.29, 1.82) is 0 Å². The second-order valence-electron chi connectivity index (χ2n) is 9.66. The first-order valence-electron chi connectivity index (χ1n) is 11.8. The van der Waals surface area contributed by atoms with Crippen LogP contribution in [0.5, 0.6) is 0 Å². The molecule has 34 heavy (non-hydrogen) atoms. The van der Waals surface area contributed by atoms with Crippen molar-refractivity contribution in [2.24, 2.45) is 5.41 Å². The smallest absolute Gasteiger partial charge is 0.407 e. The number of carbonyl (C=O) groups excluding carboxylic acids is 1. The van der Waals surface area contributed by atoms with E-state index < -0.39 is 11.5 Å². The number of hydrogen-bond acceptors (Lipinski definition) is 2. The van der Waals surface area contributed by atoms with Gasteiger partial charge < -0.3 is 10.1 Å². The molecule has 3 aromatic rings. The number of alkyl carbamates (subject to hydrolysis) is 1. The summed E-state index contributed by atoms with van der Waals surface area (Å²) in [5, 5.41) is 3.04. The molecule has 0 saturated heterocycles. The van der Waals surface area contributed by atoms with E-state index in [0.29, 0.717) is 13.0 Å². The summed E-state index contributed by atoms with van der Waals surface area (Å²) in [6.07, 6.45) is 2.37. The Labute approximate surface area is 204 Å². The van der Waals surface area contributed by atoms with Gasteiger partial charge in [-0.3, -0.25) is 0 Å². The number of nitrogens with one attached hydrogen (secondary N) is 1. The molecule has 0 aliphatic carbocycles. The third-order valence-corrected chi connectivity index (χ3v) is 6.29. The van der Waals surface area contributed by atoms with E-state index in [4.69, 9.17) is 4.74 Å².